The fraction of sp³-hybridized carbons (Fsp3) is 0.417. The van der Waals surface area contributed by atoms with Crippen LogP contribution in [0.1, 0.15) is 5.56 Å². The number of anilines is 1. The van der Waals surface area contributed by atoms with E-state index in [2.05, 4.69) is 15.4 Å². The molecule has 1 aromatic carbocycles. The van der Waals surface area contributed by atoms with Crippen molar-refractivity contribution in [3.8, 4) is 5.75 Å². The van der Waals surface area contributed by atoms with Gasteiger partial charge in [0, 0.05) is 19.3 Å². The van der Waals surface area contributed by atoms with Crippen LogP contribution in [0.3, 0.4) is 0 Å². The smallest absolute Gasteiger partial charge is 0.387 e. The van der Waals surface area contributed by atoms with Gasteiger partial charge in [-0.1, -0.05) is 0 Å². The van der Waals surface area contributed by atoms with Gasteiger partial charge < -0.3 is 20.1 Å². The molecule has 0 bridgehead atoms. The lowest BCUT2D eigenvalue weighted by Gasteiger charge is -2.13. The van der Waals surface area contributed by atoms with Crippen molar-refractivity contribution in [1.82, 2.24) is 5.32 Å². The van der Waals surface area contributed by atoms with Crippen molar-refractivity contribution in [1.29, 1.82) is 0 Å². The SMILES string of the molecule is COCCNC(=S)Nc1ccc(OC(F)F)cc1C. The minimum absolute atomic E-state index is 0.122. The number of hydrogen-bond acceptors (Lipinski definition) is 3. The molecule has 0 heterocycles. The number of halogens is 2. The Bertz CT molecular complexity index is 430. The molecule has 2 N–H and O–H groups in total. The van der Waals surface area contributed by atoms with Crippen molar-refractivity contribution in [2.75, 3.05) is 25.6 Å². The van der Waals surface area contributed by atoms with E-state index in [1.165, 1.54) is 12.1 Å². The molecule has 1 aromatic rings. The molecule has 0 fully saturated rings. The lowest BCUT2D eigenvalue weighted by Crippen LogP contribution is -2.31. The van der Waals surface area contributed by atoms with Crippen LogP contribution in [0.4, 0.5) is 14.5 Å². The number of thiocarbonyl (C=S) groups is 1. The standard InChI is InChI=1S/C12H16F2N2O2S/c1-8-7-9(18-11(13)14)3-4-10(8)16-12(19)15-5-6-17-2/h3-4,7,11H,5-6H2,1-2H3,(H2,15,16,19). The summed E-state index contributed by atoms with van der Waals surface area (Å²) in [5, 5.41) is 6.37. The van der Waals surface area contributed by atoms with E-state index >= 15 is 0 Å². The molecule has 0 aromatic heterocycles. The molecule has 0 amide bonds. The van der Waals surface area contributed by atoms with Crippen molar-refractivity contribution in [3.63, 3.8) is 0 Å². The second-order valence-corrected chi connectivity index (χ2v) is 4.14. The second kappa shape index (κ2) is 7.85. The quantitative estimate of drug-likeness (QED) is 0.622. The fourth-order valence-corrected chi connectivity index (χ4v) is 1.60. The first-order valence-electron chi connectivity index (χ1n) is 5.62. The van der Waals surface area contributed by atoms with Crippen molar-refractivity contribution >= 4 is 23.0 Å². The van der Waals surface area contributed by atoms with Gasteiger partial charge in [0.15, 0.2) is 5.11 Å². The molecule has 1 rings (SSSR count). The number of methoxy groups -OCH3 is 1. The first-order valence-corrected chi connectivity index (χ1v) is 6.03. The molecule has 0 atom stereocenters. The number of benzene rings is 1. The number of hydrogen-bond donors (Lipinski definition) is 2. The molecular weight excluding hydrogens is 274 g/mol. The minimum atomic E-state index is -2.82. The zero-order valence-electron chi connectivity index (χ0n) is 10.7. The lowest BCUT2D eigenvalue weighted by molar-refractivity contribution is -0.0498. The van der Waals surface area contributed by atoms with Gasteiger partial charge in [-0.3, -0.25) is 0 Å². The Morgan fingerprint density at radius 3 is 2.74 bits per heavy atom. The van der Waals surface area contributed by atoms with Crippen LogP contribution in [0.5, 0.6) is 5.75 Å². The molecule has 0 spiro atoms. The Morgan fingerprint density at radius 1 is 1.42 bits per heavy atom. The van der Waals surface area contributed by atoms with Gasteiger partial charge in [0.2, 0.25) is 0 Å². The third-order valence-electron chi connectivity index (χ3n) is 2.26. The monoisotopic (exact) mass is 290 g/mol. The molecule has 0 saturated heterocycles. The summed E-state index contributed by atoms with van der Waals surface area (Å²) in [6.07, 6.45) is 0. The van der Waals surface area contributed by atoms with Crippen molar-refractivity contribution in [2.45, 2.75) is 13.5 Å². The average Bonchev–Trinajstić information content (AvgIpc) is 2.32. The Balaban J connectivity index is 2.57. The van der Waals surface area contributed by atoms with E-state index < -0.39 is 6.61 Å². The molecule has 0 radical (unpaired) electrons. The topological polar surface area (TPSA) is 42.5 Å². The molecule has 0 unspecified atom stereocenters. The number of alkyl halides is 2. The van der Waals surface area contributed by atoms with Gasteiger partial charge >= 0.3 is 6.61 Å². The second-order valence-electron chi connectivity index (χ2n) is 3.73. The normalized spacial score (nSPS) is 10.4. The third kappa shape index (κ3) is 5.80. The maximum Gasteiger partial charge on any atom is 0.387 e. The molecule has 0 aliphatic heterocycles. The summed E-state index contributed by atoms with van der Waals surface area (Å²) in [6.45, 7) is 0.0870. The van der Waals surface area contributed by atoms with Gasteiger partial charge in [-0.2, -0.15) is 8.78 Å². The van der Waals surface area contributed by atoms with Gasteiger partial charge in [-0.15, -0.1) is 0 Å². The highest BCUT2D eigenvalue weighted by Crippen LogP contribution is 2.22. The highest BCUT2D eigenvalue weighted by atomic mass is 32.1. The Morgan fingerprint density at radius 2 is 2.16 bits per heavy atom. The zero-order chi connectivity index (χ0) is 14.3. The molecule has 0 aliphatic rings. The molecule has 0 saturated carbocycles. The van der Waals surface area contributed by atoms with E-state index in [9.17, 15) is 8.78 Å². The third-order valence-corrected chi connectivity index (χ3v) is 2.51. The van der Waals surface area contributed by atoms with Gasteiger partial charge in [0.1, 0.15) is 5.75 Å². The van der Waals surface area contributed by atoms with E-state index in [1.807, 2.05) is 0 Å². The van der Waals surface area contributed by atoms with Crippen LogP contribution < -0.4 is 15.4 Å². The van der Waals surface area contributed by atoms with Crippen molar-refractivity contribution < 1.29 is 18.3 Å². The highest BCUT2D eigenvalue weighted by Gasteiger charge is 2.07. The molecule has 0 aliphatic carbocycles. The van der Waals surface area contributed by atoms with E-state index in [0.29, 0.717) is 18.3 Å². The van der Waals surface area contributed by atoms with Crippen LogP contribution in [0.25, 0.3) is 0 Å². The predicted molar refractivity (Wildman–Crippen MR) is 73.9 cm³/mol. The summed E-state index contributed by atoms with van der Waals surface area (Å²) in [5.74, 6) is 0.122. The maximum atomic E-state index is 12.1. The summed E-state index contributed by atoms with van der Waals surface area (Å²) >= 11 is 5.08. The van der Waals surface area contributed by atoms with Crippen LogP contribution >= 0.6 is 12.2 Å². The van der Waals surface area contributed by atoms with Crippen molar-refractivity contribution in [2.24, 2.45) is 0 Å². The number of rotatable bonds is 6. The maximum absolute atomic E-state index is 12.1. The summed E-state index contributed by atoms with van der Waals surface area (Å²) < 4.78 is 33.3. The van der Waals surface area contributed by atoms with Gasteiger partial charge in [0.05, 0.1) is 6.61 Å². The first-order chi connectivity index (χ1) is 9.02. The Kier molecular flexibility index (Phi) is 6.44. The van der Waals surface area contributed by atoms with Crippen molar-refractivity contribution in [3.05, 3.63) is 23.8 Å². The Labute approximate surface area is 116 Å². The number of nitrogens with one attached hydrogen (secondary N) is 2. The summed E-state index contributed by atoms with van der Waals surface area (Å²) in [6, 6.07) is 4.61. The largest absolute Gasteiger partial charge is 0.435 e. The molecule has 4 nitrogen and oxygen atoms in total. The summed E-state index contributed by atoms with van der Waals surface area (Å²) in [7, 11) is 1.60. The van der Waals surface area contributed by atoms with Gasteiger partial charge in [-0.25, -0.2) is 0 Å². The average molecular weight is 290 g/mol. The van der Waals surface area contributed by atoms with Gasteiger partial charge in [-0.05, 0) is 42.9 Å². The summed E-state index contributed by atoms with van der Waals surface area (Å²) in [5.41, 5.74) is 1.49. The molecular formula is C12H16F2N2O2S. The molecule has 7 heteroatoms. The van der Waals surface area contributed by atoms with Crippen LogP contribution in [0.15, 0.2) is 18.2 Å². The highest BCUT2D eigenvalue weighted by molar-refractivity contribution is 7.80. The summed E-state index contributed by atoms with van der Waals surface area (Å²) in [4.78, 5) is 0. The van der Waals surface area contributed by atoms with Gasteiger partial charge in [0.25, 0.3) is 0 Å². The molecule has 19 heavy (non-hydrogen) atoms. The van der Waals surface area contributed by atoms with E-state index in [1.54, 1.807) is 20.1 Å². The van der Waals surface area contributed by atoms with Crippen LogP contribution in [-0.4, -0.2) is 32.0 Å². The van der Waals surface area contributed by atoms with E-state index in [0.717, 1.165) is 11.3 Å². The van der Waals surface area contributed by atoms with E-state index in [4.69, 9.17) is 17.0 Å². The van der Waals surface area contributed by atoms with Crippen LogP contribution in [0, 0.1) is 6.92 Å². The fourth-order valence-electron chi connectivity index (χ4n) is 1.39. The Hall–Kier alpha value is -1.47. The predicted octanol–water partition coefficient (Wildman–Crippen LogP) is 2.53. The molecule has 106 valence electrons. The number of ether oxygens (including phenoxy) is 2. The van der Waals surface area contributed by atoms with Crippen LogP contribution in [0.2, 0.25) is 0 Å². The zero-order valence-corrected chi connectivity index (χ0v) is 11.5. The minimum Gasteiger partial charge on any atom is -0.435 e. The van der Waals surface area contributed by atoms with E-state index in [-0.39, 0.29) is 5.75 Å². The first kappa shape index (κ1) is 15.6. The lowest BCUT2D eigenvalue weighted by atomic mass is 10.2. The van der Waals surface area contributed by atoms with Crippen LogP contribution in [-0.2, 0) is 4.74 Å². The number of aryl methyl sites for hydroxylation is 1.